The highest BCUT2D eigenvalue weighted by Crippen LogP contribution is 2.17. The molecule has 0 bridgehead atoms. The minimum absolute atomic E-state index is 0.173. The minimum atomic E-state index is 0.173. The van der Waals surface area contributed by atoms with Gasteiger partial charge >= 0.3 is 0 Å². The van der Waals surface area contributed by atoms with E-state index in [1.807, 2.05) is 26.0 Å². The first-order valence-electron chi connectivity index (χ1n) is 8.62. The zero-order valence-corrected chi connectivity index (χ0v) is 16.5. The number of ether oxygens (including phenoxy) is 1. The molecule has 0 aliphatic rings. The van der Waals surface area contributed by atoms with Gasteiger partial charge in [-0.15, -0.1) is 11.3 Å². The number of rotatable bonds is 7. The van der Waals surface area contributed by atoms with Gasteiger partial charge in [-0.2, -0.15) is 0 Å². The predicted octanol–water partition coefficient (Wildman–Crippen LogP) is 3.92. The van der Waals surface area contributed by atoms with Crippen LogP contribution in [0.1, 0.15) is 49.9 Å². The number of nitrogens with zero attached hydrogens (tertiary/aromatic N) is 2. The Labute approximate surface area is 154 Å². The van der Waals surface area contributed by atoms with Gasteiger partial charge in [0.1, 0.15) is 10.8 Å². The van der Waals surface area contributed by atoms with Crippen molar-refractivity contribution in [3.8, 4) is 5.75 Å². The van der Waals surface area contributed by atoms with Gasteiger partial charge in [0.15, 0.2) is 5.96 Å². The van der Waals surface area contributed by atoms with E-state index in [0.717, 1.165) is 28.0 Å². The van der Waals surface area contributed by atoms with E-state index < -0.39 is 0 Å². The van der Waals surface area contributed by atoms with E-state index in [2.05, 4.69) is 52.0 Å². The van der Waals surface area contributed by atoms with Crippen molar-refractivity contribution < 1.29 is 4.74 Å². The molecule has 2 aromatic rings. The van der Waals surface area contributed by atoms with Crippen molar-refractivity contribution in [1.82, 2.24) is 15.6 Å². The molecule has 5 nitrogen and oxygen atoms in total. The van der Waals surface area contributed by atoms with Crippen LogP contribution >= 0.6 is 11.3 Å². The van der Waals surface area contributed by atoms with Crippen molar-refractivity contribution >= 4 is 17.3 Å². The summed E-state index contributed by atoms with van der Waals surface area (Å²) in [6, 6.07) is 8.11. The molecule has 0 saturated carbocycles. The first kappa shape index (κ1) is 19.2. The summed E-state index contributed by atoms with van der Waals surface area (Å²) in [7, 11) is 1.77. The van der Waals surface area contributed by atoms with Gasteiger partial charge in [0.25, 0.3) is 0 Å². The van der Waals surface area contributed by atoms with Gasteiger partial charge < -0.3 is 15.4 Å². The fourth-order valence-electron chi connectivity index (χ4n) is 2.24. The first-order chi connectivity index (χ1) is 12.0. The van der Waals surface area contributed by atoms with E-state index in [9.17, 15) is 0 Å². The van der Waals surface area contributed by atoms with Crippen molar-refractivity contribution in [2.24, 2.45) is 4.99 Å². The molecule has 25 heavy (non-hydrogen) atoms. The van der Waals surface area contributed by atoms with E-state index in [0.29, 0.717) is 19.0 Å². The van der Waals surface area contributed by atoms with Crippen LogP contribution in [-0.2, 0) is 13.1 Å². The fourth-order valence-corrected chi connectivity index (χ4v) is 3.13. The molecule has 6 heteroatoms. The lowest BCUT2D eigenvalue weighted by molar-refractivity contribution is 0.242. The molecule has 0 amide bonds. The average molecular weight is 361 g/mol. The SMILES string of the molecule is CN=C(NCc1cccc(OC(C)C)c1)NCc1nc(C(C)C)cs1. The third kappa shape index (κ3) is 6.38. The Morgan fingerprint density at radius 2 is 1.96 bits per heavy atom. The third-order valence-corrected chi connectivity index (χ3v) is 4.39. The highest BCUT2D eigenvalue weighted by Gasteiger charge is 2.06. The number of aliphatic imine (C=N–C) groups is 1. The Hall–Kier alpha value is -2.08. The second kappa shape index (κ2) is 9.42. The van der Waals surface area contributed by atoms with Crippen LogP contribution in [0, 0.1) is 0 Å². The lowest BCUT2D eigenvalue weighted by Gasteiger charge is -2.13. The molecule has 0 fully saturated rings. The number of nitrogens with one attached hydrogen (secondary N) is 2. The highest BCUT2D eigenvalue weighted by atomic mass is 32.1. The second-order valence-electron chi connectivity index (χ2n) is 6.41. The van der Waals surface area contributed by atoms with Gasteiger partial charge in [-0.05, 0) is 37.5 Å². The lowest BCUT2D eigenvalue weighted by atomic mass is 10.2. The molecule has 0 atom stereocenters. The zero-order valence-electron chi connectivity index (χ0n) is 15.7. The van der Waals surface area contributed by atoms with E-state index in [1.165, 1.54) is 0 Å². The van der Waals surface area contributed by atoms with Gasteiger partial charge in [-0.3, -0.25) is 4.99 Å². The molecule has 1 heterocycles. The van der Waals surface area contributed by atoms with Gasteiger partial charge in [-0.25, -0.2) is 4.98 Å². The van der Waals surface area contributed by atoms with E-state index >= 15 is 0 Å². The summed E-state index contributed by atoms with van der Waals surface area (Å²) in [5.74, 6) is 2.11. The number of benzene rings is 1. The van der Waals surface area contributed by atoms with E-state index in [4.69, 9.17) is 4.74 Å². The molecule has 0 aliphatic heterocycles. The van der Waals surface area contributed by atoms with Crippen molar-refractivity contribution in [1.29, 1.82) is 0 Å². The Kier molecular flexibility index (Phi) is 7.25. The number of thiazole rings is 1. The highest BCUT2D eigenvalue weighted by molar-refractivity contribution is 7.09. The van der Waals surface area contributed by atoms with Crippen LogP contribution in [0.3, 0.4) is 0 Å². The Balaban J connectivity index is 1.85. The van der Waals surface area contributed by atoms with Gasteiger partial charge in [0.2, 0.25) is 0 Å². The smallest absolute Gasteiger partial charge is 0.191 e. The summed E-state index contributed by atoms with van der Waals surface area (Å²) in [5, 5.41) is 9.83. The number of aromatic nitrogens is 1. The van der Waals surface area contributed by atoms with Crippen molar-refractivity contribution in [2.75, 3.05) is 7.05 Å². The van der Waals surface area contributed by atoms with Crippen molar-refractivity contribution in [2.45, 2.75) is 52.8 Å². The van der Waals surface area contributed by atoms with Crippen LogP contribution in [0.4, 0.5) is 0 Å². The molecule has 0 spiro atoms. The molecule has 2 N–H and O–H groups in total. The summed E-state index contributed by atoms with van der Waals surface area (Å²) < 4.78 is 5.73. The maximum atomic E-state index is 5.73. The van der Waals surface area contributed by atoms with Crippen LogP contribution < -0.4 is 15.4 Å². The third-order valence-electron chi connectivity index (χ3n) is 3.52. The van der Waals surface area contributed by atoms with Gasteiger partial charge in [-0.1, -0.05) is 26.0 Å². The summed E-state index contributed by atoms with van der Waals surface area (Å²) in [6.07, 6.45) is 0.173. The van der Waals surface area contributed by atoms with Crippen LogP contribution in [0.5, 0.6) is 5.75 Å². The Bertz CT molecular complexity index is 694. The molecular weight excluding hydrogens is 332 g/mol. The van der Waals surface area contributed by atoms with Crippen molar-refractivity contribution in [3.05, 3.63) is 45.9 Å². The largest absolute Gasteiger partial charge is 0.491 e. The summed E-state index contributed by atoms with van der Waals surface area (Å²) >= 11 is 1.68. The molecule has 0 radical (unpaired) electrons. The van der Waals surface area contributed by atoms with Crippen LogP contribution in [0.2, 0.25) is 0 Å². The monoisotopic (exact) mass is 360 g/mol. The van der Waals surface area contributed by atoms with Gasteiger partial charge in [0, 0.05) is 19.0 Å². The van der Waals surface area contributed by atoms with Crippen LogP contribution in [-0.4, -0.2) is 24.1 Å². The van der Waals surface area contributed by atoms with Crippen molar-refractivity contribution in [3.63, 3.8) is 0 Å². The summed E-state index contributed by atoms with van der Waals surface area (Å²) in [6.45, 7) is 9.73. The predicted molar refractivity (Wildman–Crippen MR) is 105 cm³/mol. The van der Waals surface area contributed by atoms with Crippen LogP contribution in [0.15, 0.2) is 34.6 Å². The second-order valence-corrected chi connectivity index (χ2v) is 7.36. The topological polar surface area (TPSA) is 58.5 Å². The molecular formula is C19H28N4OS. The van der Waals surface area contributed by atoms with Crippen LogP contribution in [0.25, 0.3) is 0 Å². The molecule has 1 aromatic heterocycles. The van der Waals surface area contributed by atoms with E-state index in [-0.39, 0.29) is 6.10 Å². The number of hydrogen-bond acceptors (Lipinski definition) is 4. The Morgan fingerprint density at radius 3 is 2.60 bits per heavy atom. The summed E-state index contributed by atoms with van der Waals surface area (Å²) in [4.78, 5) is 8.90. The molecule has 0 saturated heterocycles. The maximum Gasteiger partial charge on any atom is 0.191 e. The fraction of sp³-hybridized carbons (Fsp3) is 0.474. The first-order valence-corrected chi connectivity index (χ1v) is 9.50. The lowest BCUT2D eigenvalue weighted by Crippen LogP contribution is -2.36. The van der Waals surface area contributed by atoms with E-state index in [1.54, 1.807) is 18.4 Å². The molecule has 1 aromatic carbocycles. The molecule has 2 rings (SSSR count). The molecule has 0 aliphatic carbocycles. The molecule has 0 unspecified atom stereocenters. The van der Waals surface area contributed by atoms with Gasteiger partial charge in [0.05, 0.1) is 18.3 Å². The Morgan fingerprint density at radius 1 is 1.20 bits per heavy atom. The summed E-state index contributed by atoms with van der Waals surface area (Å²) in [5.41, 5.74) is 2.30. The molecule has 136 valence electrons. The number of guanidine groups is 1. The zero-order chi connectivity index (χ0) is 18.2. The normalized spacial score (nSPS) is 11.9. The quantitative estimate of drug-likeness (QED) is 0.580. The standard InChI is InChI=1S/C19H28N4OS/c1-13(2)17-12-25-18(23-17)11-22-19(20-5)21-10-15-7-6-8-16(9-15)24-14(3)4/h6-9,12-14H,10-11H2,1-5H3,(H2,20,21,22). The number of hydrogen-bond donors (Lipinski definition) is 2. The minimum Gasteiger partial charge on any atom is -0.491 e. The maximum absolute atomic E-state index is 5.73. The average Bonchev–Trinajstić information content (AvgIpc) is 3.04.